The van der Waals surface area contributed by atoms with Crippen LogP contribution in [0.15, 0.2) is 60.0 Å². The first-order valence-electron chi connectivity index (χ1n) is 9.13. The van der Waals surface area contributed by atoms with Crippen molar-refractivity contribution in [2.24, 2.45) is 0 Å². The molecule has 0 radical (unpaired) electrons. The van der Waals surface area contributed by atoms with E-state index in [4.69, 9.17) is 9.47 Å². The third kappa shape index (κ3) is 5.10. The molecule has 0 unspecified atom stereocenters. The lowest BCUT2D eigenvalue weighted by Gasteiger charge is -2.26. The predicted octanol–water partition coefficient (Wildman–Crippen LogP) is 4.78. The molecule has 0 aliphatic rings. The molecular weight excluding hydrogens is 372 g/mol. The van der Waals surface area contributed by atoms with E-state index in [2.05, 4.69) is 4.98 Å². The third-order valence-electron chi connectivity index (χ3n) is 4.26. The van der Waals surface area contributed by atoms with E-state index in [1.165, 1.54) is 0 Å². The lowest BCUT2D eigenvalue weighted by Crippen LogP contribution is -2.36. The van der Waals surface area contributed by atoms with Crippen LogP contribution in [0, 0.1) is 0 Å². The number of aromatic nitrogens is 1. The maximum absolute atomic E-state index is 12.9. The maximum Gasteiger partial charge on any atom is 0.254 e. The number of carbonyl (C=O) groups excluding carboxylic acids is 1. The zero-order valence-corrected chi connectivity index (χ0v) is 17.1. The summed E-state index contributed by atoms with van der Waals surface area (Å²) in [6.45, 7) is 4.90. The van der Waals surface area contributed by atoms with Crippen LogP contribution >= 0.6 is 11.3 Å². The van der Waals surface area contributed by atoms with E-state index in [9.17, 15) is 4.79 Å². The zero-order valence-electron chi connectivity index (χ0n) is 16.3. The van der Waals surface area contributed by atoms with Gasteiger partial charge in [0.15, 0.2) is 0 Å². The monoisotopic (exact) mass is 396 g/mol. The molecule has 0 aliphatic carbocycles. The van der Waals surface area contributed by atoms with Crippen LogP contribution in [0.25, 0.3) is 0 Å². The van der Waals surface area contributed by atoms with E-state index in [1.54, 1.807) is 42.7 Å². The quantitative estimate of drug-likeness (QED) is 0.550. The second-order valence-corrected chi connectivity index (χ2v) is 7.53. The first kappa shape index (κ1) is 19.9. The summed E-state index contributed by atoms with van der Waals surface area (Å²) in [4.78, 5) is 19.4. The highest BCUT2D eigenvalue weighted by molar-refractivity contribution is 7.09. The Morgan fingerprint density at radius 2 is 1.79 bits per heavy atom. The van der Waals surface area contributed by atoms with Gasteiger partial charge in [0.05, 0.1) is 19.3 Å². The van der Waals surface area contributed by atoms with Gasteiger partial charge in [0.1, 0.15) is 23.1 Å². The number of para-hydroxylation sites is 1. The van der Waals surface area contributed by atoms with E-state index in [0.29, 0.717) is 18.7 Å². The fourth-order valence-corrected chi connectivity index (χ4v) is 3.41. The zero-order chi connectivity index (χ0) is 19.9. The Bertz CT molecular complexity index is 892. The molecule has 5 nitrogen and oxygen atoms in total. The molecule has 0 N–H and O–H groups in total. The average molecular weight is 397 g/mol. The predicted molar refractivity (Wildman–Crippen MR) is 111 cm³/mol. The van der Waals surface area contributed by atoms with E-state index in [-0.39, 0.29) is 11.9 Å². The van der Waals surface area contributed by atoms with Gasteiger partial charge in [0.25, 0.3) is 5.91 Å². The average Bonchev–Trinajstić information content (AvgIpc) is 3.18. The second-order valence-electron chi connectivity index (χ2n) is 6.59. The van der Waals surface area contributed by atoms with Gasteiger partial charge in [-0.2, -0.15) is 0 Å². The third-order valence-corrected chi connectivity index (χ3v) is 5.13. The molecular formula is C22H24N2O3S. The van der Waals surface area contributed by atoms with Crippen LogP contribution < -0.4 is 9.47 Å². The summed E-state index contributed by atoms with van der Waals surface area (Å²) >= 11 is 1.54. The summed E-state index contributed by atoms with van der Waals surface area (Å²) in [7, 11) is 1.61. The summed E-state index contributed by atoms with van der Waals surface area (Å²) in [5.74, 6) is 1.53. The highest BCUT2D eigenvalue weighted by Crippen LogP contribution is 2.19. The van der Waals surface area contributed by atoms with Gasteiger partial charge in [0, 0.05) is 17.0 Å². The van der Waals surface area contributed by atoms with Gasteiger partial charge in [-0.1, -0.05) is 18.2 Å². The summed E-state index contributed by atoms with van der Waals surface area (Å²) in [5.41, 5.74) is 1.50. The number of ether oxygens (including phenoxy) is 2. The Labute approximate surface area is 169 Å². The minimum absolute atomic E-state index is 0.0206. The highest BCUT2D eigenvalue weighted by Gasteiger charge is 2.20. The van der Waals surface area contributed by atoms with Gasteiger partial charge >= 0.3 is 0 Å². The van der Waals surface area contributed by atoms with E-state index in [0.717, 1.165) is 22.2 Å². The molecule has 0 aliphatic heterocycles. The first-order valence-corrected chi connectivity index (χ1v) is 10.0. The lowest BCUT2D eigenvalue weighted by atomic mass is 10.1. The number of nitrogens with zero attached hydrogens (tertiary/aromatic N) is 2. The Balaban J connectivity index is 1.65. The van der Waals surface area contributed by atoms with Crippen LogP contribution in [0.4, 0.5) is 0 Å². The van der Waals surface area contributed by atoms with Gasteiger partial charge in [-0.15, -0.1) is 11.3 Å². The van der Waals surface area contributed by atoms with Crippen molar-refractivity contribution in [2.75, 3.05) is 7.11 Å². The molecule has 0 bridgehead atoms. The second kappa shape index (κ2) is 9.37. The van der Waals surface area contributed by atoms with Crippen molar-refractivity contribution in [3.8, 4) is 11.5 Å². The van der Waals surface area contributed by atoms with Gasteiger partial charge in [-0.25, -0.2) is 4.98 Å². The van der Waals surface area contributed by atoms with Crippen molar-refractivity contribution in [3.63, 3.8) is 0 Å². The molecule has 146 valence electrons. The van der Waals surface area contributed by atoms with E-state index < -0.39 is 0 Å². The standard InChI is InChI=1S/C22H24N2O3S/c1-16(2)24(22(25)17-9-11-19(26-3)12-10-17)13-18-15-28-21(23-18)14-27-20-7-5-4-6-8-20/h4-12,15-16H,13-14H2,1-3H3. The molecule has 1 amide bonds. The molecule has 3 aromatic rings. The van der Waals surface area contributed by atoms with Crippen molar-refractivity contribution in [1.29, 1.82) is 0 Å². The van der Waals surface area contributed by atoms with Crippen LogP contribution in [0.3, 0.4) is 0 Å². The van der Waals surface area contributed by atoms with Gasteiger partial charge in [-0.3, -0.25) is 4.79 Å². The molecule has 0 saturated carbocycles. The van der Waals surface area contributed by atoms with Crippen molar-refractivity contribution >= 4 is 17.2 Å². The lowest BCUT2D eigenvalue weighted by molar-refractivity contribution is 0.0688. The molecule has 0 saturated heterocycles. The van der Waals surface area contributed by atoms with Crippen LogP contribution in [-0.2, 0) is 13.2 Å². The summed E-state index contributed by atoms with van der Waals surface area (Å²) in [6.07, 6.45) is 0. The Morgan fingerprint density at radius 3 is 2.43 bits per heavy atom. The molecule has 2 aromatic carbocycles. The first-order chi connectivity index (χ1) is 13.6. The molecule has 1 heterocycles. The van der Waals surface area contributed by atoms with Gasteiger partial charge in [0.2, 0.25) is 0 Å². The summed E-state index contributed by atoms with van der Waals surface area (Å²) in [6, 6.07) is 16.9. The number of methoxy groups -OCH3 is 1. The Hall–Kier alpha value is -2.86. The normalized spacial score (nSPS) is 10.7. The number of rotatable bonds is 8. The van der Waals surface area contributed by atoms with E-state index in [1.807, 2.05) is 54.5 Å². The number of hydrogen-bond donors (Lipinski definition) is 0. The fourth-order valence-electron chi connectivity index (χ4n) is 2.71. The molecule has 0 fully saturated rings. The molecule has 28 heavy (non-hydrogen) atoms. The molecule has 0 spiro atoms. The minimum Gasteiger partial charge on any atom is -0.497 e. The maximum atomic E-state index is 12.9. The SMILES string of the molecule is COc1ccc(C(=O)N(Cc2csc(COc3ccccc3)n2)C(C)C)cc1. The number of thiazole rings is 1. The van der Waals surface area contributed by atoms with Crippen molar-refractivity contribution in [1.82, 2.24) is 9.88 Å². The fraction of sp³-hybridized carbons (Fsp3) is 0.273. The van der Waals surface area contributed by atoms with Crippen molar-refractivity contribution < 1.29 is 14.3 Å². The number of hydrogen-bond acceptors (Lipinski definition) is 5. The van der Waals surface area contributed by atoms with Crippen LogP contribution in [0.5, 0.6) is 11.5 Å². The largest absolute Gasteiger partial charge is 0.497 e. The Kier molecular flexibility index (Phi) is 6.66. The summed E-state index contributed by atoms with van der Waals surface area (Å²) in [5, 5.41) is 2.87. The van der Waals surface area contributed by atoms with Gasteiger partial charge < -0.3 is 14.4 Å². The minimum atomic E-state index is -0.0206. The molecule has 3 rings (SSSR count). The van der Waals surface area contributed by atoms with Gasteiger partial charge in [-0.05, 0) is 50.2 Å². The number of amides is 1. The molecule has 1 aromatic heterocycles. The molecule has 0 atom stereocenters. The van der Waals surface area contributed by atoms with Crippen LogP contribution in [0.1, 0.15) is 34.9 Å². The van der Waals surface area contributed by atoms with Crippen molar-refractivity contribution in [2.45, 2.75) is 33.0 Å². The van der Waals surface area contributed by atoms with Crippen LogP contribution in [0.2, 0.25) is 0 Å². The molecule has 6 heteroatoms. The smallest absolute Gasteiger partial charge is 0.254 e. The highest BCUT2D eigenvalue weighted by atomic mass is 32.1. The number of carbonyl (C=O) groups is 1. The van der Waals surface area contributed by atoms with E-state index >= 15 is 0 Å². The Morgan fingerprint density at radius 1 is 1.07 bits per heavy atom. The topological polar surface area (TPSA) is 51.7 Å². The van der Waals surface area contributed by atoms with Crippen LogP contribution in [-0.4, -0.2) is 28.9 Å². The number of benzene rings is 2. The summed E-state index contributed by atoms with van der Waals surface area (Å²) < 4.78 is 10.9. The van der Waals surface area contributed by atoms with Crippen molar-refractivity contribution in [3.05, 3.63) is 76.2 Å².